The van der Waals surface area contributed by atoms with Crippen molar-refractivity contribution in [1.29, 1.82) is 0 Å². The van der Waals surface area contributed by atoms with Crippen LogP contribution in [0.15, 0.2) is 42.0 Å². The Balaban J connectivity index is 1.33. The quantitative estimate of drug-likeness (QED) is 0.575. The van der Waals surface area contributed by atoms with Gasteiger partial charge in [0.15, 0.2) is 0 Å². The molecule has 0 aliphatic carbocycles. The first-order chi connectivity index (χ1) is 14.0. The monoisotopic (exact) mass is 452 g/mol. The minimum absolute atomic E-state index is 0.0309. The molecule has 152 valence electrons. The second-order valence-corrected chi connectivity index (χ2v) is 8.70. The Labute approximate surface area is 182 Å². The summed E-state index contributed by atoms with van der Waals surface area (Å²) < 4.78 is 15.7. The standard InChI is InChI=1S/C20H19Cl2FN4OS/c21-15-9-24-27(11-15)10-14-8-19(29-13-14)20(28)26-6-4-25(5-7-26)12-16-17(22)2-1-3-18(16)23/h1-3,8-9,11,13H,4-7,10,12H2. The second-order valence-electron chi connectivity index (χ2n) is 6.94. The molecule has 0 unspecified atom stereocenters. The Morgan fingerprint density at radius 2 is 1.97 bits per heavy atom. The Bertz CT molecular complexity index is 993. The zero-order chi connectivity index (χ0) is 20.4. The SMILES string of the molecule is O=C(c1cc(Cn2cc(Cl)cn2)cs1)N1CCN(Cc2c(F)cccc2Cl)CC1. The van der Waals surface area contributed by atoms with Crippen LogP contribution >= 0.6 is 34.5 Å². The zero-order valence-electron chi connectivity index (χ0n) is 15.5. The molecule has 0 spiro atoms. The Morgan fingerprint density at radius 1 is 1.17 bits per heavy atom. The van der Waals surface area contributed by atoms with Crippen LogP contribution < -0.4 is 0 Å². The molecular weight excluding hydrogens is 434 g/mol. The van der Waals surface area contributed by atoms with E-state index in [0.717, 1.165) is 5.56 Å². The predicted molar refractivity (Wildman–Crippen MR) is 113 cm³/mol. The third-order valence-corrected chi connectivity index (χ3v) is 6.43. The van der Waals surface area contributed by atoms with E-state index in [4.69, 9.17) is 23.2 Å². The smallest absolute Gasteiger partial charge is 0.264 e. The van der Waals surface area contributed by atoms with Gasteiger partial charge in [-0.2, -0.15) is 5.10 Å². The van der Waals surface area contributed by atoms with Crippen LogP contribution in [0.25, 0.3) is 0 Å². The minimum Gasteiger partial charge on any atom is -0.335 e. The second kappa shape index (κ2) is 8.83. The van der Waals surface area contributed by atoms with Gasteiger partial charge in [-0.3, -0.25) is 14.4 Å². The van der Waals surface area contributed by atoms with Crippen molar-refractivity contribution in [2.45, 2.75) is 13.1 Å². The van der Waals surface area contributed by atoms with E-state index < -0.39 is 0 Å². The normalized spacial score (nSPS) is 15.1. The molecule has 2 aromatic heterocycles. The lowest BCUT2D eigenvalue weighted by Crippen LogP contribution is -2.48. The van der Waals surface area contributed by atoms with Crippen molar-refractivity contribution in [2.75, 3.05) is 26.2 Å². The van der Waals surface area contributed by atoms with E-state index in [0.29, 0.717) is 59.8 Å². The number of carbonyl (C=O) groups is 1. The van der Waals surface area contributed by atoms with Gasteiger partial charge in [0.1, 0.15) is 5.82 Å². The molecule has 0 N–H and O–H groups in total. The van der Waals surface area contributed by atoms with Crippen LogP contribution in [-0.4, -0.2) is 51.7 Å². The summed E-state index contributed by atoms with van der Waals surface area (Å²) in [5.74, 6) is -0.260. The highest BCUT2D eigenvalue weighted by molar-refractivity contribution is 7.12. The summed E-state index contributed by atoms with van der Waals surface area (Å²) >= 11 is 13.5. The van der Waals surface area contributed by atoms with Gasteiger partial charge >= 0.3 is 0 Å². The van der Waals surface area contributed by atoms with Gasteiger partial charge in [0.05, 0.1) is 22.6 Å². The van der Waals surface area contributed by atoms with Gasteiger partial charge in [-0.1, -0.05) is 29.3 Å². The highest BCUT2D eigenvalue weighted by Crippen LogP contribution is 2.23. The number of rotatable bonds is 5. The van der Waals surface area contributed by atoms with Gasteiger partial charge in [-0.05, 0) is 29.1 Å². The van der Waals surface area contributed by atoms with E-state index in [1.165, 1.54) is 17.4 Å². The van der Waals surface area contributed by atoms with Gasteiger partial charge in [0.2, 0.25) is 0 Å². The maximum absolute atomic E-state index is 14.0. The maximum atomic E-state index is 14.0. The Hall–Kier alpha value is -1.93. The number of carbonyl (C=O) groups excluding carboxylic acids is 1. The van der Waals surface area contributed by atoms with Crippen LogP contribution in [0.4, 0.5) is 4.39 Å². The van der Waals surface area contributed by atoms with Crippen molar-refractivity contribution in [3.63, 3.8) is 0 Å². The Morgan fingerprint density at radius 3 is 2.66 bits per heavy atom. The average molecular weight is 453 g/mol. The lowest BCUT2D eigenvalue weighted by atomic mass is 10.1. The van der Waals surface area contributed by atoms with E-state index in [1.807, 2.05) is 16.3 Å². The Kier molecular flexibility index (Phi) is 6.20. The summed E-state index contributed by atoms with van der Waals surface area (Å²) in [6.07, 6.45) is 3.34. The molecule has 1 aliphatic heterocycles. The molecule has 4 rings (SSSR count). The topological polar surface area (TPSA) is 41.4 Å². The van der Waals surface area contributed by atoms with Gasteiger partial charge in [-0.15, -0.1) is 11.3 Å². The van der Waals surface area contributed by atoms with Crippen LogP contribution in [-0.2, 0) is 13.1 Å². The van der Waals surface area contributed by atoms with Crippen LogP contribution in [0.2, 0.25) is 10.0 Å². The third-order valence-electron chi connectivity index (χ3n) is 4.91. The fourth-order valence-electron chi connectivity index (χ4n) is 3.35. The van der Waals surface area contributed by atoms with E-state index in [-0.39, 0.29) is 11.7 Å². The number of aromatic nitrogens is 2. The molecule has 0 atom stereocenters. The number of halogens is 3. The summed E-state index contributed by atoms with van der Waals surface area (Å²) in [5, 5.41) is 7.16. The van der Waals surface area contributed by atoms with Crippen LogP contribution in [0, 0.1) is 5.82 Å². The number of piperazine rings is 1. The van der Waals surface area contributed by atoms with E-state index in [2.05, 4.69) is 10.00 Å². The van der Waals surface area contributed by atoms with E-state index in [9.17, 15) is 9.18 Å². The summed E-state index contributed by atoms with van der Waals surface area (Å²) in [6.45, 7) is 3.59. The number of amides is 1. The molecule has 9 heteroatoms. The molecule has 0 radical (unpaired) electrons. The molecule has 1 amide bonds. The zero-order valence-corrected chi connectivity index (χ0v) is 17.9. The van der Waals surface area contributed by atoms with Gasteiger partial charge in [-0.25, -0.2) is 4.39 Å². The number of nitrogens with zero attached hydrogens (tertiary/aromatic N) is 4. The molecule has 3 aromatic rings. The molecule has 1 aliphatic rings. The van der Waals surface area contributed by atoms with Crippen molar-refractivity contribution in [2.24, 2.45) is 0 Å². The molecule has 29 heavy (non-hydrogen) atoms. The predicted octanol–water partition coefficient (Wildman–Crippen LogP) is 4.40. The van der Waals surface area contributed by atoms with Gasteiger partial charge < -0.3 is 4.90 Å². The first-order valence-electron chi connectivity index (χ1n) is 9.19. The number of thiophene rings is 1. The number of hydrogen-bond acceptors (Lipinski definition) is 4. The third kappa shape index (κ3) is 4.80. The van der Waals surface area contributed by atoms with Crippen molar-refractivity contribution >= 4 is 40.4 Å². The number of benzene rings is 1. The molecular formula is C20H19Cl2FN4OS. The summed E-state index contributed by atoms with van der Waals surface area (Å²) in [7, 11) is 0. The lowest BCUT2D eigenvalue weighted by molar-refractivity contribution is 0.0631. The van der Waals surface area contributed by atoms with Crippen molar-refractivity contribution in [3.05, 3.63) is 73.9 Å². The van der Waals surface area contributed by atoms with Crippen molar-refractivity contribution in [1.82, 2.24) is 19.6 Å². The maximum Gasteiger partial charge on any atom is 0.264 e. The minimum atomic E-state index is -0.291. The lowest BCUT2D eigenvalue weighted by Gasteiger charge is -2.34. The average Bonchev–Trinajstić information content (AvgIpc) is 3.34. The molecule has 1 saturated heterocycles. The van der Waals surface area contributed by atoms with Crippen molar-refractivity contribution < 1.29 is 9.18 Å². The molecule has 0 saturated carbocycles. The summed E-state index contributed by atoms with van der Waals surface area (Å²) in [4.78, 5) is 17.5. The molecule has 0 bridgehead atoms. The first-order valence-corrected chi connectivity index (χ1v) is 10.8. The fourth-order valence-corrected chi connectivity index (χ4v) is 4.60. The van der Waals surface area contributed by atoms with Gasteiger partial charge in [0.25, 0.3) is 5.91 Å². The fraction of sp³-hybridized carbons (Fsp3) is 0.300. The summed E-state index contributed by atoms with van der Waals surface area (Å²) in [5.41, 5.74) is 1.53. The molecule has 3 heterocycles. The highest BCUT2D eigenvalue weighted by Gasteiger charge is 2.24. The molecule has 1 fully saturated rings. The first kappa shape index (κ1) is 20.3. The highest BCUT2D eigenvalue weighted by atomic mass is 35.5. The molecule has 1 aromatic carbocycles. The molecule has 5 nitrogen and oxygen atoms in total. The van der Waals surface area contributed by atoms with Crippen LogP contribution in [0.3, 0.4) is 0 Å². The van der Waals surface area contributed by atoms with E-state index in [1.54, 1.807) is 29.2 Å². The summed E-state index contributed by atoms with van der Waals surface area (Å²) in [6, 6.07) is 6.64. The van der Waals surface area contributed by atoms with Gasteiger partial charge in [0, 0.05) is 49.5 Å². The van der Waals surface area contributed by atoms with E-state index >= 15 is 0 Å². The van der Waals surface area contributed by atoms with Crippen LogP contribution in [0.5, 0.6) is 0 Å². The number of hydrogen-bond donors (Lipinski definition) is 0. The largest absolute Gasteiger partial charge is 0.335 e. The van der Waals surface area contributed by atoms with Crippen molar-refractivity contribution in [3.8, 4) is 0 Å². The van der Waals surface area contributed by atoms with Crippen LogP contribution in [0.1, 0.15) is 20.8 Å².